The molecule has 0 amide bonds. The zero-order valence-corrected chi connectivity index (χ0v) is 12.7. The molecule has 0 aliphatic carbocycles. The van der Waals surface area contributed by atoms with E-state index in [1.165, 1.54) is 0 Å². The Morgan fingerprint density at radius 1 is 1.40 bits per heavy atom. The summed E-state index contributed by atoms with van der Waals surface area (Å²) in [4.78, 5) is 11.9. The summed E-state index contributed by atoms with van der Waals surface area (Å²) in [6.45, 7) is 0. The Kier molecular flexibility index (Phi) is 3.82. The first-order chi connectivity index (χ1) is 9.27. The van der Waals surface area contributed by atoms with Crippen LogP contribution in [0, 0.1) is 0 Å². The summed E-state index contributed by atoms with van der Waals surface area (Å²) < 4.78 is 29.0. The number of carbonyl (C=O) groups excluding carboxylic acids is 1. The molecule has 0 fully saturated rings. The van der Waals surface area contributed by atoms with E-state index in [1.54, 1.807) is 24.3 Å². The Labute approximate surface area is 123 Å². The number of esters is 1. The van der Waals surface area contributed by atoms with E-state index in [9.17, 15) is 13.2 Å². The van der Waals surface area contributed by atoms with E-state index in [1.807, 2.05) is 0 Å². The number of carbonyl (C=O) groups is 1. The molecule has 2 N–H and O–H groups in total. The van der Waals surface area contributed by atoms with Crippen molar-refractivity contribution in [1.82, 2.24) is 9.19 Å². The minimum atomic E-state index is -3.64. The monoisotopic (exact) mass is 359 g/mol. The number of nitrogen functional groups attached to an aromatic ring is 1. The minimum absolute atomic E-state index is 0.135. The second kappa shape index (κ2) is 5.25. The van der Waals surface area contributed by atoms with Crippen molar-refractivity contribution >= 4 is 37.7 Å². The molecule has 0 aliphatic heterocycles. The second-order valence-electron chi connectivity index (χ2n) is 3.91. The number of nitrogens with zero attached hydrogens (tertiary/aromatic N) is 2. The molecule has 106 valence electrons. The Morgan fingerprint density at radius 3 is 2.65 bits per heavy atom. The molecule has 0 unspecified atom stereocenters. The van der Waals surface area contributed by atoms with Gasteiger partial charge in [0.15, 0.2) is 0 Å². The lowest BCUT2D eigenvalue weighted by atomic mass is 10.2. The van der Waals surface area contributed by atoms with Gasteiger partial charge in [0, 0.05) is 10.5 Å². The fraction of sp³-hybridized carbons (Fsp3) is 0.0909. The summed E-state index contributed by atoms with van der Waals surface area (Å²) in [5.74, 6) is -0.980. The highest BCUT2D eigenvalue weighted by Gasteiger charge is 2.17. The molecule has 2 rings (SSSR count). The van der Waals surface area contributed by atoms with Crippen molar-refractivity contribution in [3.8, 4) is 5.88 Å². The molecule has 0 bridgehead atoms. The first kappa shape index (κ1) is 14.5. The van der Waals surface area contributed by atoms with Crippen molar-refractivity contribution < 1.29 is 17.9 Å². The molecule has 20 heavy (non-hydrogen) atoms. The number of hydrogen-bond acceptors (Lipinski definition) is 6. The van der Waals surface area contributed by atoms with Crippen LogP contribution in [0.25, 0.3) is 0 Å². The zero-order chi connectivity index (χ0) is 14.9. The van der Waals surface area contributed by atoms with E-state index in [0.717, 1.165) is 12.3 Å². The summed E-state index contributed by atoms with van der Waals surface area (Å²) >= 11 is 3.23. The highest BCUT2D eigenvalue weighted by atomic mass is 79.9. The summed E-state index contributed by atoms with van der Waals surface area (Å²) in [5, 5.41) is 3.62. The molecule has 0 spiro atoms. The summed E-state index contributed by atoms with van der Waals surface area (Å²) in [6.07, 6.45) is 0.941. The number of benzene rings is 1. The first-order valence-corrected chi connectivity index (χ1v) is 7.95. The largest absolute Gasteiger partial charge is 0.402 e. The van der Waals surface area contributed by atoms with Gasteiger partial charge in [0.1, 0.15) is 5.82 Å². The summed E-state index contributed by atoms with van der Waals surface area (Å²) in [7, 11) is -3.64. The molecule has 9 heteroatoms. The maximum absolute atomic E-state index is 11.9. The fourth-order valence-corrected chi connectivity index (χ4v) is 2.51. The Morgan fingerprint density at radius 2 is 2.10 bits per heavy atom. The van der Waals surface area contributed by atoms with Crippen LogP contribution in [-0.4, -0.2) is 29.8 Å². The Balaban J connectivity index is 2.25. The molecule has 0 atom stereocenters. The van der Waals surface area contributed by atoms with Crippen LogP contribution in [0.1, 0.15) is 10.4 Å². The van der Waals surface area contributed by atoms with E-state index >= 15 is 0 Å². The number of anilines is 1. The zero-order valence-electron chi connectivity index (χ0n) is 10.3. The van der Waals surface area contributed by atoms with Crippen LogP contribution < -0.4 is 10.5 Å². The van der Waals surface area contributed by atoms with E-state index < -0.39 is 16.0 Å². The van der Waals surface area contributed by atoms with Gasteiger partial charge in [-0.25, -0.2) is 13.2 Å². The molecule has 0 saturated heterocycles. The van der Waals surface area contributed by atoms with Crippen molar-refractivity contribution in [2.45, 2.75) is 0 Å². The molecule has 0 aliphatic rings. The van der Waals surface area contributed by atoms with E-state index in [4.69, 9.17) is 10.5 Å². The van der Waals surface area contributed by atoms with Gasteiger partial charge in [0.05, 0.1) is 11.8 Å². The Hall–Kier alpha value is -1.87. The number of rotatable bonds is 3. The van der Waals surface area contributed by atoms with Crippen molar-refractivity contribution in [2.24, 2.45) is 0 Å². The predicted molar refractivity (Wildman–Crippen MR) is 76.0 cm³/mol. The van der Waals surface area contributed by atoms with Gasteiger partial charge < -0.3 is 10.5 Å². The maximum atomic E-state index is 11.9. The number of nitrogens with two attached hydrogens (primary N) is 1. The fourth-order valence-electron chi connectivity index (χ4n) is 1.44. The number of halogens is 1. The molecule has 1 heterocycles. The van der Waals surface area contributed by atoms with E-state index in [0.29, 0.717) is 14.1 Å². The average molecular weight is 360 g/mol. The van der Waals surface area contributed by atoms with Crippen LogP contribution in [0.15, 0.2) is 34.8 Å². The van der Waals surface area contributed by atoms with Crippen LogP contribution in [0.4, 0.5) is 5.82 Å². The van der Waals surface area contributed by atoms with Gasteiger partial charge in [-0.1, -0.05) is 22.0 Å². The predicted octanol–water partition coefficient (Wildman–Crippen LogP) is 1.25. The van der Waals surface area contributed by atoms with Crippen LogP contribution in [-0.2, 0) is 10.0 Å². The van der Waals surface area contributed by atoms with Gasteiger partial charge in [0.2, 0.25) is 5.88 Å². The normalized spacial score (nSPS) is 11.3. The second-order valence-corrected chi connectivity index (χ2v) is 6.64. The molecule has 1 aromatic heterocycles. The van der Waals surface area contributed by atoms with Gasteiger partial charge in [0.25, 0.3) is 10.0 Å². The van der Waals surface area contributed by atoms with Crippen LogP contribution in [0.2, 0.25) is 0 Å². The highest BCUT2D eigenvalue weighted by Crippen LogP contribution is 2.18. The van der Waals surface area contributed by atoms with E-state index in [-0.39, 0.29) is 11.7 Å². The SMILES string of the molecule is CS(=O)(=O)n1nc(OC(=O)c2cccc(Br)c2)cc1N. The third-order valence-corrected chi connectivity index (χ3v) is 3.67. The topological polar surface area (TPSA) is 104 Å². The standard InChI is InChI=1S/C11H10BrN3O4S/c1-20(17,18)15-9(13)6-10(14-15)19-11(16)7-3-2-4-8(12)5-7/h2-6H,13H2,1H3. The van der Waals surface area contributed by atoms with Crippen molar-refractivity contribution in [3.05, 3.63) is 40.4 Å². The van der Waals surface area contributed by atoms with Crippen molar-refractivity contribution in [3.63, 3.8) is 0 Å². The third-order valence-electron chi connectivity index (χ3n) is 2.25. The van der Waals surface area contributed by atoms with Gasteiger partial charge >= 0.3 is 5.97 Å². The lowest BCUT2D eigenvalue weighted by molar-refractivity contribution is 0.0727. The van der Waals surface area contributed by atoms with E-state index in [2.05, 4.69) is 21.0 Å². The molecule has 0 saturated carbocycles. The van der Waals surface area contributed by atoms with Crippen LogP contribution in [0.3, 0.4) is 0 Å². The van der Waals surface area contributed by atoms with Crippen LogP contribution >= 0.6 is 15.9 Å². The molecule has 7 nitrogen and oxygen atoms in total. The molecule has 0 radical (unpaired) electrons. The minimum Gasteiger partial charge on any atom is -0.402 e. The van der Waals surface area contributed by atoms with Crippen molar-refractivity contribution in [2.75, 3.05) is 12.0 Å². The Bertz CT molecular complexity index is 770. The molecular weight excluding hydrogens is 350 g/mol. The van der Waals surface area contributed by atoms with Gasteiger partial charge in [-0.15, -0.1) is 9.19 Å². The molecule has 2 aromatic rings. The van der Waals surface area contributed by atoms with Gasteiger partial charge in [-0.2, -0.15) is 0 Å². The third kappa shape index (κ3) is 3.17. The smallest absolute Gasteiger partial charge is 0.344 e. The summed E-state index contributed by atoms with van der Waals surface area (Å²) in [5.41, 5.74) is 5.79. The highest BCUT2D eigenvalue weighted by molar-refractivity contribution is 9.10. The molecule has 1 aromatic carbocycles. The van der Waals surface area contributed by atoms with Crippen molar-refractivity contribution in [1.29, 1.82) is 0 Å². The van der Waals surface area contributed by atoms with Crippen LogP contribution in [0.5, 0.6) is 5.88 Å². The lowest BCUT2D eigenvalue weighted by Gasteiger charge is -2.01. The average Bonchev–Trinajstić information content (AvgIpc) is 2.70. The quantitative estimate of drug-likeness (QED) is 0.827. The summed E-state index contributed by atoms with van der Waals surface area (Å²) in [6, 6.07) is 7.72. The number of aromatic nitrogens is 2. The van der Waals surface area contributed by atoms with Gasteiger partial charge in [-0.05, 0) is 18.2 Å². The van der Waals surface area contributed by atoms with Gasteiger partial charge in [-0.3, -0.25) is 0 Å². The number of ether oxygens (including phenoxy) is 1. The molecular formula is C11H10BrN3O4S. The first-order valence-electron chi connectivity index (χ1n) is 5.31. The number of hydrogen-bond donors (Lipinski definition) is 1. The lowest BCUT2D eigenvalue weighted by Crippen LogP contribution is -2.15. The maximum Gasteiger partial charge on any atom is 0.344 e.